The van der Waals surface area contributed by atoms with Gasteiger partial charge in [-0.1, -0.05) is 0 Å². The molecule has 0 aliphatic carbocycles. The van der Waals surface area contributed by atoms with E-state index in [2.05, 4.69) is 15.0 Å². The summed E-state index contributed by atoms with van der Waals surface area (Å²) in [5.41, 5.74) is 0.334. The van der Waals surface area contributed by atoms with Gasteiger partial charge in [-0.15, -0.1) is 0 Å². The third-order valence-electron chi connectivity index (χ3n) is 3.20. The number of thioether (sulfide) groups is 1. The Hall–Kier alpha value is -2.42. The average Bonchev–Trinajstić information content (AvgIpc) is 2.58. The van der Waals surface area contributed by atoms with Crippen molar-refractivity contribution in [1.29, 1.82) is 0 Å². The zero-order chi connectivity index (χ0) is 18.8. The van der Waals surface area contributed by atoms with Gasteiger partial charge in [-0.05, 0) is 12.1 Å². The zero-order valence-electron chi connectivity index (χ0n) is 13.9. The molecule has 1 aromatic rings. The second-order valence-electron chi connectivity index (χ2n) is 5.21. The maximum absolute atomic E-state index is 12.4. The van der Waals surface area contributed by atoms with Gasteiger partial charge >= 0.3 is 11.9 Å². The summed E-state index contributed by atoms with van der Waals surface area (Å²) in [4.78, 5) is 50.1. The predicted molar refractivity (Wildman–Crippen MR) is 91.3 cm³/mol. The summed E-state index contributed by atoms with van der Waals surface area (Å²) in [6.07, 6.45) is 2.58. The number of Topliss-reactive ketones (excluding diaryl/α,β-unsaturated/α-hetero) is 1. The summed E-state index contributed by atoms with van der Waals surface area (Å²) in [6.45, 7) is 1.28. The highest BCUT2D eigenvalue weighted by Crippen LogP contribution is 2.19. The third kappa shape index (κ3) is 7.34. The van der Waals surface area contributed by atoms with Gasteiger partial charge in [0.2, 0.25) is 5.91 Å². The van der Waals surface area contributed by atoms with E-state index in [-0.39, 0.29) is 29.6 Å². The first kappa shape index (κ1) is 20.6. The standard InChI is InChI=1S/C16H20N2O6S/c1-10(19)18-13(16(23)24-2)9-25-8-12(6-14(20)21)15(22)11-4-3-5-17-7-11/h3-5,7,12-13H,6,8-9H2,1-2H3,(H,18,19)(H,20,21)/t12?,13-/m0/s1. The molecule has 0 saturated carbocycles. The lowest BCUT2D eigenvalue weighted by atomic mass is 9.97. The number of rotatable bonds is 10. The quantitative estimate of drug-likeness (QED) is 0.458. The lowest BCUT2D eigenvalue weighted by Gasteiger charge is -2.17. The lowest BCUT2D eigenvalue weighted by Crippen LogP contribution is -2.42. The van der Waals surface area contributed by atoms with Crippen LogP contribution in [0.4, 0.5) is 0 Å². The second-order valence-corrected chi connectivity index (χ2v) is 6.29. The number of amides is 1. The van der Waals surface area contributed by atoms with Crippen molar-refractivity contribution in [3.63, 3.8) is 0 Å². The van der Waals surface area contributed by atoms with E-state index in [1.54, 1.807) is 12.1 Å². The molecule has 1 unspecified atom stereocenters. The molecule has 0 saturated heterocycles. The van der Waals surface area contributed by atoms with Crippen molar-refractivity contribution in [2.24, 2.45) is 5.92 Å². The number of carbonyl (C=O) groups excluding carboxylic acids is 3. The Morgan fingerprint density at radius 1 is 1.32 bits per heavy atom. The van der Waals surface area contributed by atoms with Crippen LogP contribution in [-0.4, -0.2) is 58.4 Å². The van der Waals surface area contributed by atoms with Crippen molar-refractivity contribution in [2.45, 2.75) is 19.4 Å². The van der Waals surface area contributed by atoms with Crippen LogP contribution in [0.2, 0.25) is 0 Å². The van der Waals surface area contributed by atoms with Gasteiger partial charge in [0.25, 0.3) is 0 Å². The number of carbonyl (C=O) groups is 4. The van der Waals surface area contributed by atoms with Crippen LogP contribution in [0, 0.1) is 5.92 Å². The minimum atomic E-state index is -1.09. The minimum absolute atomic E-state index is 0.169. The Balaban J connectivity index is 2.72. The fourth-order valence-electron chi connectivity index (χ4n) is 2.07. The largest absolute Gasteiger partial charge is 0.481 e. The second kappa shape index (κ2) is 10.4. The molecule has 0 spiro atoms. The predicted octanol–water partition coefficient (Wildman–Crippen LogP) is 0.766. The maximum Gasteiger partial charge on any atom is 0.329 e. The highest BCUT2D eigenvalue weighted by molar-refractivity contribution is 7.99. The van der Waals surface area contributed by atoms with Gasteiger partial charge in [-0.3, -0.25) is 19.4 Å². The third-order valence-corrected chi connectivity index (χ3v) is 4.41. The molecule has 0 aliphatic heterocycles. The molecule has 1 aromatic heterocycles. The van der Waals surface area contributed by atoms with Crippen LogP contribution >= 0.6 is 11.8 Å². The van der Waals surface area contributed by atoms with E-state index in [4.69, 9.17) is 5.11 Å². The monoisotopic (exact) mass is 368 g/mol. The molecule has 0 radical (unpaired) electrons. The Bertz CT molecular complexity index is 622. The van der Waals surface area contributed by atoms with E-state index in [1.807, 2.05) is 0 Å². The van der Waals surface area contributed by atoms with Crippen molar-refractivity contribution in [3.05, 3.63) is 30.1 Å². The van der Waals surface area contributed by atoms with E-state index in [1.165, 1.54) is 38.2 Å². The molecular weight excluding hydrogens is 348 g/mol. The topological polar surface area (TPSA) is 123 Å². The molecule has 25 heavy (non-hydrogen) atoms. The summed E-state index contributed by atoms with van der Waals surface area (Å²) in [5, 5.41) is 11.5. The summed E-state index contributed by atoms with van der Waals surface area (Å²) >= 11 is 1.20. The lowest BCUT2D eigenvalue weighted by molar-refractivity contribution is -0.144. The molecule has 1 heterocycles. The molecule has 0 fully saturated rings. The van der Waals surface area contributed by atoms with Crippen LogP contribution in [0.5, 0.6) is 0 Å². The number of esters is 1. The molecule has 0 aromatic carbocycles. The van der Waals surface area contributed by atoms with E-state index in [9.17, 15) is 19.2 Å². The molecule has 8 nitrogen and oxygen atoms in total. The van der Waals surface area contributed by atoms with Crippen LogP contribution < -0.4 is 5.32 Å². The summed E-state index contributed by atoms with van der Waals surface area (Å²) < 4.78 is 4.62. The number of hydrogen-bond donors (Lipinski definition) is 2. The van der Waals surface area contributed by atoms with Crippen LogP contribution in [0.15, 0.2) is 24.5 Å². The van der Waals surface area contributed by atoms with Crippen molar-refractivity contribution < 1.29 is 29.0 Å². The number of nitrogens with zero attached hydrogens (tertiary/aromatic N) is 1. The number of aromatic nitrogens is 1. The molecule has 0 aliphatic rings. The van der Waals surface area contributed by atoms with Crippen LogP contribution in [0.25, 0.3) is 0 Å². The van der Waals surface area contributed by atoms with Crippen molar-refractivity contribution in [2.75, 3.05) is 18.6 Å². The van der Waals surface area contributed by atoms with Gasteiger partial charge in [0.15, 0.2) is 5.78 Å². The van der Waals surface area contributed by atoms with Crippen LogP contribution in [0.1, 0.15) is 23.7 Å². The fourth-order valence-corrected chi connectivity index (χ4v) is 3.21. The van der Waals surface area contributed by atoms with Gasteiger partial charge in [0.05, 0.1) is 13.5 Å². The van der Waals surface area contributed by atoms with E-state index < -0.39 is 23.9 Å². The SMILES string of the molecule is COC(=O)[C@H](CSCC(CC(=O)O)C(=O)c1cccnc1)NC(C)=O. The molecular formula is C16H20N2O6S. The number of pyridine rings is 1. The Labute approximate surface area is 149 Å². The van der Waals surface area contributed by atoms with E-state index in [0.29, 0.717) is 5.56 Å². The number of methoxy groups -OCH3 is 1. The van der Waals surface area contributed by atoms with Crippen molar-refractivity contribution in [3.8, 4) is 0 Å². The van der Waals surface area contributed by atoms with Gasteiger partial charge in [-0.2, -0.15) is 11.8 Å². The maximum atomic E-state index is 12.4. The van der Waals surface area contributed by atoms with E-state index >= 15 is 0 Å². The molecule has 136 valence electrons. The summed E-state index contributed by atoms with van der Waals surface area (Å²) in [6, 6.07) is 2.32. The Morgan fingerprint density at radius 3 is 2.56 bits per heavy atom. The van der Waals surface area contributed by atoms with Gasteiger partial charge in [-0.25, -0.2) is 4.79 Å². The number of aliphatic carboxylic acids is 1. The van der Waals surface area contributed by atoms with Crippen molar-refractivity contribution in [1.82, 2.24) is 10.3 Å². The highest BCUT2D eigenvalue weighted by Gasteiger charge is 2.25. The summed E-state index contributed by atoms with van der Waals surface area (Å²) in [5.74, 6) is -2.80. The molecule has 0 bridgehead atoms. The number of ether oxygens (including phenoxy) is 1. The highest BCUT2D eigenvalue weighted by atomic mass is 32.2. The minimum Gasteiger partial charge on any atom is -0.481 e. The van der Waals surface area contributed by atoms with Gasteiger partial charge in [0.1, 0.15) is 6.04 Å². The summed E-state index contributed by atoms with van der Waals surface area (Å²) in [7, 11) is 1.21. The molecule has 1 rings (SSSR count). The van der Waals surface area contributed by atoms with Crippen molar-refractivity contribution >= 4 is 35.4 Å². The smallest absolute Gasteiger partial charge is 0.329 e. The number of carboxylic acids is 1. The molecule has 9 heteroatoms. The van der Waals surface area contributed by atoms with Crippen LogP contribution in [0.3, 0.4) is 0 Å². The number of hydrogen-bond acceptors (Lipinski definition) is 7. The fraction of sp³-hybridized carbons (Fsp3) is 0.438. The first-order valence-electron chi connectivity index (χ1n) is 7.43. The first-order valence-corrected chi connectivity index (χ1v) is 8.59. The molecule has 2 N–H and O–H groups in total. The normalized spacial score (nSPS) is 12.7. The molecule has 2 atom stereocenters. The number of ketones is 1. The molecule has 1 amide bonds. The number of nitrogens with one attached hydrogen (secondary N) is 1. The van der Waals surface area contributed by atoms with Gasteiger partial charge < -0.3 is 15.2 Å². The number of carboxylic acid groups (broad SMARTS) is 1. The van der Waals surface area contributed by atoms with E-state index in [0.717, 1.165) is 0 Å². The zero-order valence-corrected chi connectivity index (χ0v) is 14.7. The van der Waals surface area contributed by atoms with Gasteiger partial charge in [0, 0.05) is 42.3 Å². The first-order chi connectivity index (χ1) is 11.8. The Kier molecular flexibility index (Phi) is 8.62. The average molecular weight is 368 g/mol. The Morgan fingerprint density at radius 2 is 2.04 bits per heavy atom. The van der Waals surface area contributed by atoms with Crippen LogP contribution in [-0.2, 0) is 19.1 Å².